The number of benzene rings is 2. The Kier molecular flexibility index (Phi) is 4.88. The third-order valence-corrected chi connectivity index (χ3v) is 4.53. The molecule has 2 nitrogen and oxygen atoms in total. The van der Waals surface area contributed by atoms with Crippen molar-refractivity contribution in [3.63, 3.8) is 0 Å². The molecule has 1 unspecified atom stereocenters. The Balaban J connectivity index is 2.17. The standard InChI is InChI=1S/C16H19NOS/c1-12-5-3-4-6-15(12)19-16(11-17)13-7-9-14(18-2)10-8-13/h3-10,16H,11,17H2,1-2H3. The molecular weight excluding hydrogens is 254 g/mol. The minimum Gasteiger partial charge on any atom is -0.497 e. The Morgan fingerprint density at radius 2 is 1.79 bits per heavy atom. The first-order valence-electron chi connectivity index (χ1n) is 6.31. The summed E-state index contributed by atoms with van der Waals surface area (Å²) in [5, 5.41) is 0.270. The summed E-state index contributed by atoms with van der Waals surface area (Å²) in [4.78, 5) is 1.29. The largest absolute Gasteiger partial charge is 0.497 e. The molecule has 0 spiro atoms. The zero-order chi connectivity index (χ0) is 13.7. The van der Waals surface area contributed by atoms with Crippen LogP contribution in [0.15, 0.2) is 53.4 Å². The van der Waals surface area contributed by atoms with Crippen LogP contribution in [0.25, 0.3) is 0 Å². The van der Waals surface area contributed by atoms with Gasteiger partial charge in [-0.1, -0.05) is 30.3 Å². The van der Waals surface area contributed by atoms with E-state index in [2.05, 4.69) is 43.3 Å². The van der Waals surface area contributed by atoms with Crippen molar-refractivity contribution in [1.82, 2.24) is 0 Å². The normalized spacial score (nSPS) is 12.2. The molecule has 0 bridgehead atoms. The number of nitrogens with two attached hydrogens (primary N) is 1. The van der Waals surface area contributed by atoms with Gasteiger partial charge < -0.3 is 10.5 Å². The van der Waals surface area contributed by atoms with Crippen molar-refractivity contribution in [1.29, 1.82) is 0 Å². The van der Waals surface area contributed by atoms with Crippen LogP contribution in [0.4, 0.5) is 0 Å². The third kappa shape index (κ3) is 3.52. The molecule has 0 saturated heterocycles. The molecule has 0 fully saturated rings. The van der Waals surface area contributed by atoms with E-state index in [0.717, 1.165) is 5.75 Å². The molecule has 0 aliphatic rings. The highest BCUT2D eigenvalue weighted by atomic mass is 32.2. The van der Waals surface area contributed by atoms with Crippen LogP contribution in [0, 0.1) is 6.92 Å². The molecule has 0 amide bonds. The van der Waals surface area contributed by atoms with Crippen LogP contribution in [0.5, 0.6) is 5.75 Å². The van der Waals surface area contributed by atoms with Gasteiger partial charge in [-0.3, -0.25) is 0 Å². The van der Waals surface area contributed by atoms with Gasteiger partial charge in [0.15, 0.2) is 0 Å². The molecule has 0 saturated carbocycles. The molecule has 0 aromatic heterocycles. The smallest absolute Gasteiger partial charge is 0.118 e. The van der Waals surface area contributed by atoms with E-state index in [1.807, 2.05) is 23.9 Å². The summed E-state index contributed by atoms with van der Waals surface area (Å²) in [6.45, 7) is 2.75. The monoisotopic (exact) mass is 273 g/mol. The van der Waals surface area contributed by atoms with Crippen molar-refractivity contribution in [3.8, 4) is 5.75 Å². The summed E-state index contributed by atoms with van der Waals surface area (Å²) >= 11 is 1.82. The van der Waals surface area contributed by atoms with Gasteiger partial charge in [0.2, 0.25) is 0 Å². The number of rotatable bonds is 5. The molecule has 0 aliphatic carbocycles. The maximum Gasteiger partial charge on any atom is 0.118 e. The van der Waals surface area contributed by atoms with Crippen molar-refractivity contribution in [2.75, 3.05) is 13.7 Å². The molecule has 2 aromatic rings. The zero-order valence-corrected chi connectivity index (χ0v) is 12.1. The number of hydrogen-bond acceptors (Lipinski definition) is 3. The summed E-state index contributed by atoms with van der Waals surface area (Å²) < 4.78 is 5.18. The second kappa shape index (κ2) is 6.64. The average molecular weight is 273 g/mol. The van der Waals surface area contributed by atoms with Gasteiger partial charge in [0, 0.05) is 16.7 Å². The van der Waals surface area contributed by atoms with Crippen LogP contribution >= 0.6 is 11.8 Å². The van der Waals surface area contributed by atoms with Gasteiger partial charge in [0.25, 0.3) is 0 Å². The van der Waals surface area contributed by atoms with Crippen LogP contribution in [0.3, 0.4) is 0 Å². The highest BCUT2D eigenvalue weighted by molar-refractivity contribution is 7.99. The van der Waals surface area contributed by atoms with Crippen LogP contribution < -0.4 is 10.5 Å². The minimum atomic E-state index is 0.270. The van der Waals surface area contributed by atoms with Crippen LogP contribution in [-0.4, -0.2) is 13.7 Å². The van der Waals surface area contributed by atoms with Gasteiger partial charge in [-0.25, -0.2) is 0 Å². The predicted molar refractivity (Wildman–Crippen MR) is 81.8 cm³/mol. The average Bonchev–Trinajstić information content (AvgIpc) is 2.47. The number of thioether (sulfide) groups is 1. The molecule has 0 heterocycles. The topological polar surface area (TPSA) is 35.2 Å². The first kappa shape index (κ1) is 14.0. The lowest BCUT2D eigenvalue weighted by Gasteiger charge is -2.16. The lowest BCUT2D eigenvalue weighted by atomic mass is 10.1. The first-order chi connectivity index (χ1) is 9.24. The van der Waals surface area contributed by atoms with Crippen molar-refractivity contribution >= 4 is 11.8 Å². The molecule has 19 heavy (non-hydrogen) atoms. The van der Waals surface area contributed by atoms with Gasteiger partial charge in [-0.15, -0.1) is 11.8 Å². The number of aryl methyl sites for hydroxylation is 1. The second-order valence-corrected chi connectivity index (χ2v) is 5.63. The van der Waals surface area contributed by atoms with E-state index >= 15 is 0 Å². The SMILES string of the molecule is COc1ccc(C(CN)Sc2ccccc2C)cc1. The van der Waals surface area contributed by atoms with Crippen LogP contribution in [-0.2, 0) is 0 Å². The van der Waals surface area contributed by atoms with E-state index in [1.54, 1.807) is 7.11 Å². The maximum absolute atomic E-state index is 5.92. The zero-order valence-electron chi connectivity index (χ0n) is 11.3. The number of hydrogen-bond donors (Lipinski definition) is 1. The molecular formula is C16H19NOS. The number of methoxy groups -OCH3 is 1. The van der Waals surface area contributed by atoms with Gasteiger partial charge in [0.05, 0.1) is 7.11 Å². The first-order valence-corrected chi connectivity index (χ1v) is 7.19. The molecule has 1 atom stereocenters. The van der Waals surface area contributed by atoms with Gasteiger partial charge in [-0.2, -0.15) is 0 Å². The van der Waals surface area contributed by atoms with Crippen molar-refractivity contribution in [2.24, 2.45) is 5.73 Å². The van der Waals surface area contributed by atoms with E-state index in [-0.39, 0.29) is 5.25 Å². The van der Waals surface area contributed by atoms with Gasteiger partial charge in [-0.05, 0) is 36.2 Å². The minimum absolute atomic E-state index is 0.270. The lowest BCUT2D eigenvalue weighted by Crippen LogP contribution is -2.09. The van der Waals surface area contributed by atoms with Crippen molar-refractivity contribution in [2.45, 2.75) is 17.1 Å². The Labute approximate surface area is 119 Å². The lowest BCUT2D eigenvalue weighted by molar-refractivity contribution is 0.414. The number of ether oxygens (including phenoxy) is 1. The Hall–Kier alpha value is -1.45. The Morgan fingerprint density at radius 3 is 2.37 bits per heavy atom. The Morgan fingerprint density at radius 1 is 1.11 bits per heavy atom. The van der Waals surface area contributed by atoms with E-state index in [1.165, 1.54) is 16.0 Å². The summed E-state index contributed by atoms with van der Waals surface area (Å²) in [6, 6.07) is 16.5. The highest BCUT2D eigenvalue weighted by Crippen LogP contribution is 2.36. The molecule has 0 radical (unpaired) electrons. The summed E-state index contributed by atoms with van der Waals surface area (Å²) in [5.74, 6) is 0.875. The summed E-state index contributed by atoms with van der Waals surface area (Å²) in [5.41, 5.74) is 8.45. The van der Waals surface area contributed by atoms with E-state index < -0.39 is 0 Å². The van der Waals surface area contributed by atoms with Gasteiger partial charge >= 0.3 is 0 Å². The third-order valence-electron chi connectivity index (χ3n) is 3.06. The van der Waals surface area contributed by atoms with Crippen LogP contribution in [0.2, 0.25) is 0 Å². The predicted octanol–water partition coefficient (Wildman–Crippen LogP) is 3.80. The Bertz CT molecular complexity index is 525. The van der Waals surface area contributed by atoms with Gasteiger partial charge in [0.1, 0.15) is 5.75 Å². The second-order valence-electron chi connectivity index (χ2n) is 4.38. The molecule has 3 heteroatoms. The van der Waals surface area contributed by atoms with Crippen molar-refractivity contribution in [3.05, 3.63) is 59.7 Å². The fourth-order valence-corrected chi connectivity index (χ4v) is 3.02. The van der Waals surface area contributed by atoms with Crippen LogP contribution in [0.1, 0.15) is 16.4 Å². The summed E-state index contributed by atoms with van der Waals surface area (Å²) in [7, 11) is 1.68. The van der Waals surface area contributed by atoms with Crippen molar-refractivity contribution < 1.29 is 4.74 Å². The van der Waals surface area contributed by atoms with E-state index in [0.29, 0.717) is 6.54 Å². The molecule has 2 aromatic carbocycles. The molecule has 2 N–H and O–H groups in total. The fourth-order valence-electron chi connectivity index (χ4n) is 1.91. The molecule has 2 rings (SSSR count). The van der Waals surface area contributed by atoms with E-state index in [9.17, 15) is 0 Å². The molecule has 0 aliphatic heterocycles. The summed E-state index contributed by atoms with van der Waals surface area (Å²) in [6.07, 6.45) is 0. The molecule has 100 valence electrons. The fraction of sp³-hybridized carbons (Fsp3) is 0.250. The quantitative estimate of drug-likeness (QED) is 0.842. The highest BCUT2D eigenvalue weighted by Gasteiger charge is 2.12. The van der Waals surface area contributed by atoms with E-state index in [4.69, 9.17) is 10.5 Å². The maximum atomic E-state index is 5.92.